The largest absolute Gasteiger partial charge is 0.396 e. The lowest BCUT2D eigenvalue weighted by Gasteiger charge is -2.43. The second kappa shape index (κ2) is 35.7. The van der Waals surface area contributed by atoms with Gasteiger partial charge in [0, 0.05) is 167 Å². The summed E-state index contributed by atoms with van der Waals surface area (Å²) in [6, 6.07) is 31.2. The number of nitrogens with zero attached hydrogens (tertiary/aromatic N) is 7. The maximum atomic E-state index is 15.8. The van der Waals surface area contributed by atoms with Crippen molar-refractivity contribution in [2.24, 2.45) is 17.8 Å². The third kappa shape index (κ3) is 17.6. The number of rotatable bonds is 27. The number of anilines is 3. The van der Waals surface area contributed by atoms with Crippen LogP contribution in [0.5, 0.6) is 0 Å². The lowest BCUT2D eigenvalue weighted by Crippen LogP contribution is -2.54. The summed E-state index contributed by atoms with van der Waals surface area (Å²) in [7, 11) is 0. The lowest BCUT2D eigenvalue weighted by atomic mass is 9.87. The SMILES string of the molecule is CCCCN1CC(Nc2cc(F)c([C@@H]3c4[nH]c5ccccc5c4C[C@@H](C)N3C[C@@H](C#N)CO)c(F)c2)C1.CCCCN1CC(Nc2cc(F)c([C@@H]3c4[nH]c5ccccc5c4C[C@@H](C)N3C[C@@H](C)CO)c(F)c2)C1.CCCCN1CC(Nc2cc(F)c([C@@H]3c4[nH]c5ccccc5c4C[C@@H](C)N3C[C@H](CO)C(F)(F)F)c(F)c2)C1. The molecule has 9 N–H and O–H groups in total. The number of aliphatic hydroxyl groups is 3. The van der Waals surface area contributed by atoms with E-state index in [1.807, 2.05) is 85.5 Å². The first-order valence-electron chi connectivity index (χ1n) is 40.2. The van der Waals surface area contributed by atoms with E-state index in [1.165, 1.54) is 54.1 Å². The van der Waals surface area contributed by atoms with Crippen molar-refractivity contribution in [1.29, 1.82) is 5.26 Å². The second-order valence-corrected chi connectivity index (χ2v) is 32.3. The fourth-order valence-electron chi connectivity index (χ4n) is 17.8. The second-order valence-electron chi connectivity index (χ2n) is 32.3. The molecule has 602 valence electrons. The molecule has 6 aromatic carbocycles. The minimum absolute atomic E-state index is 0.0118. The molecule has 0 aliphatic carbocycles. The van der Waals surface area contributed by atoms with Gasteiger partial charge in [-0.15, -0.1) is 0 Å². The van der Waals surface area contributed by atoms with Crippen molar-refractivity contribution in [3.8, 4) is 6.07 Å². The quantitative estimate of drug-likeness (QED) is 0.0222. The first-order valence-corrected chi connectivity index (χ1v) is 40.2. The van der Waals surface area contributed by atoms with E-state index in [2.05, 4.69) is 90.3 Å². The van der Waals surface area contributed by atoms with Crippen molar-refractivity contribution < 1.29 is 54.8 Å². The number of unbranched alkanes of at least 4 members (excludes halogenated alkanes) is 3. The van der Waals surface area contributed by atoms with Gasteiger partial charge in [0.1, 0.15) is 34.9 Å². The van der Waals surface area contributed by atoms with Gasteiger partial charge in [0.2, 0.25) is 0 Å². The van der Waals surface area contributed by atoms with E-state index in [-0.39, 0.29) is 72.6 Å². The molecule has 9 heterocycles. The number of hydrogen-bond donors (Lipinski definition) is 9. The molecule has 15 rings (SSSR count). The fraction of sp³-hybridized carbons (Fsp3) is 0.506. The van der Waals surface area contributed by atoms with Gasteiger partial charge in [-0.25, -0.2) is 26.3 Å². The van der Waals surface area contributed by atoms with Gasteiger partial charge in [0.25, 0.3) is 0 Å². The van der Waals surface area contributed by atoms with Crippen LogP contribution in [0.1, 0.15) is 156 Å². The van der Waals surface area contributed by atoms with Crippen LogP contribution in [-0.2, 0) is 19.3 Å². The van der Waals surface area contributed by atoms with Gasteiger partial charge in [-0.1, -0.05) is 102 Å². The minimum atomic E-state index is -4.65. The standard InChI is InChI=1S/C29H35F5N4O.C29H35F2N5O.C29H38F2N4O/c1-3-4-9-37-14-20(15-37)35-19-11-23(30)26(24(31)12-19)28-27-22(21-7-5-6-8-25(21)36-27)10-17(2)38(28)13-18(16-39)29(32,33)34;1-3-4-9-35-15-21(16-35)33-20-11-24(30)27(25(31)12-20)29-28-23(22-7-5-6-8-26(22)34-28)10-18(2)36(29)14-19(13-32)17-37;1-4-5-10-34-15-21(16-34)32-20-12-24(30)27(25(31)13-20)29-28-23(22-8-6-7-9-26(22)33-28)11-19(3)35(29)14-18(2)17-36/h5-8,11-12,17-18,20,28,35-36,39H,3-4,9-10,13-16H2,1-2H3;5-8,11-12,18-19,21,29,33-34,37H,3-4,9-10,14-17H2,1-2H3;6-9,12-13,18-19,21,29,32-33,36H,4-5,10-11,14-17H2,1-3H3/t17-,18-,28-;2*18-,19-,29-/m111/s1. The highest BCUT2D eigenvalue weighted by Gasteiger charge is 2.47. The zero-order valence-electron chi connectivity index (χ0n) is 65.2. The van der Waals surface area contributed by atoms with Gasteiger partial charge in [-0.05, 0) is 156 Å². The Labute approximate surface area is 650 Å². The summed E-state index contributed by atoms with van der Waals surface area (Å²) < 4.78 is 136. The molecule has 9 aromatic rings. The number of nitriles is 1. The summed E-state index contributed by atoms with van der Waals surface area (Å²) in [5, 5.41) is 51.4. The molecule has 0 amide bonds. The van der Waals surface area contributed by atoms with Gasteiger partial charge in [0.15, 0.2) is 0 Å². The Hall–Kier alpha value is -8.16. The number of aliphatic hydroxyl groups excluding tert-OH is 3. The van der Waals surface area contributed by atoms with Gasteiger partial charge < -0.3 is 46.2 Å². The lowest BCUT2D eigenvalue weighted by molar-refractivity contribution is -0.191. The highest BCUT2D eigenvalue weighted by molar-refractivity contribution is 5.87. The van der Waals surface area contributed by atoms with E-state index in [0.717, 1.165) is 152 Å². The van der Waals surface area contributed by atoms with Crippen molar-refractivity contribution in [1.82, 2.24) is 44.4 Å². The van der Waals surface area contributed by atoms with Crippen molar-refractivity contribution in [2.75, 3.05) is 114 Å². The Morgan fingerprint density at radius 3 is 1.04 bits per heavy atom. The van der Waals surface area contributed by atoms with Crippen LogP contribution in [0.3, 0.4) is 0 Å². The average Bonchev–Trinajstić information content (AvgIpc) is 1.54. The molecule has 3 saturated heterocycles. The molecule has 0 unspecified atom stereocenters. The molecular weight excluding hydrogens is 1450 g/mol. The van der Waals surface area contributed by atoms with Crippen LogP contribution in [-0.4, -0.2) is 200 Å². The van der Waals surface area contributed by atoms with E-state index in [1.54, 1.807) is 6.92 Å². The van der Waals surface area contributed by atoms with Crippen molar-refractivity contribution in [2.45, 2.75) is 167 Å². The Morgan fingerprint density at radius 1 is 0.455 bits per heavy atom. The predicted molar refractivity (Wildman–Crippen MR) is 424 cm³/mol. The average molecular weight is 1550 g/mol. The molecule has 0 bridgehead atoms. The number of halogens is 9. The Bertz CT molecular complexity index is 4660. The third-order valence-corrected chi connectivity index (χ3v) is 23.9. The maximum absolute atomic E-state index is 15.8. The van der Waals surface area contributed by atoms with Gasteiger partial charge >= 0.3 is 6.18 Å². The minimum Gasteiger partial charge on any atom is -0.396 e. The van der Waals surface area contributed by atoms with Crippen LogP contribution in [0.4, 0.5) is 56.6 Å². The van der Waals surface area contributed by atoms with E-state index in [9.17, 15) is 33.8 Å². The first-order chi connectivity index (χ1) is 53.9. The number of nitrogens with one attached hydrogen (secondary N) is 6. The highest BCUT2D eigenvalue weighted by atomic mass is 19.4. The van der Waals surface area contributed by atoms with E-state index >= 15 is 26.3 Å². The number of fused-ring (bicyclic) bond motifs is 9. The zero-order valence-corrected chi connectivity index (χ0v) is 65.2. The summed E-state index contributed by atoms with van der Waals surface area (Å²) in [4.78, 5) is 22.7. The van der Waals surface area contributed by atoms with Crippen molar-refractivity contribution in [3.63, 3.8) is 0 Å². The van der Waals surface area contributed by atoms with Crippen LogP contribution in [0.2, 0.25) is 0 Å². The molecular formula is C87H108F9N13O3. The summed E-state index contributed by atoms with van der Waals surface area (Å²) in [6.45, 7) is 21.3. The van der Waals surface area contributed by atoms with Crippen LogP contribution >= 0.6 is 0 Å². The molecule has 112 heavy (non-hydrogen) atoms. The highest BCUT2D eigenvalue weighted by Crippen LogP contribution is 2.48. The predicted octanol–water partition coefficient (Wildman–Crippen LogP) is 16.0. The van der Waals surface area contributed by atoms with Crippen molar-refractivity contribution >= 4 is 49.8 Å². The Kier molecular flexibility index (Phi) is 26.1. The zero-order chi connectivity index (χ0) is 79.4. The number of alkyl halides is 3. The number of hydrogen-bond acceptors (Lipinski definition) is 13. The fourth-order valence-corrected chi connectivity index (χ4v) is 17.8. The van der Waals surface area contributed by atoms with Gasteiger partial charge in [-0.3, -0.25) is 29.4 Å². The molecule has 6 aliphatic rings. The number of aromatic amines is 3. The van der Waals surface area contributed by atoms with E-state index in [4.69, 9.17) is 0 Å². The molecule has 0 spiro atoms. The van der Waals surface area contributed by atoms with Crippen LogP contribution in [0.15, 0.2) is 109 Å². The number of H-pyrrole nitrogens is 3. The molecule has 0 saturated carbocycles. The summed E-state index contributed by atoms with van der Waals surface area (Å²) >= 11 is 0. The molecule has 25 heteroatoms. The van der Waals surface area contributed by atoms with Gasteiger partial charge in [-0.2, -0.15) is 18.4 Å². The molecule has 16 nitrogen and oxygen atoms in total. The molecule has 6 aliphatic heterocycles. The molecule has 3 fully saturated rings. The van der Waals surface area contributed by atoms with Crippen LogP contribution in [0, 0.1) is 64.0 Å². The number of benzene rings is 6. The number of likely N-dealkylation sites (tertiary alicyclic amines) is 3. The number of para-hydroxylation sites is 3. The molecule has 9 atom stereocenters. The first kappa shape index (κ1) is 81.8. The Balaban J connectivity index is 0.000000147. The topological polar surface area (TPSA) is 187 Å². The summed E-state index contributed by atoms with van der Waals surface area (Å²) in [5.74, 6) is -6.65. The normalized spacial score (nSPS) is 21.7. The van der Waals surface area contributed by atoms with Gasteiger partial charge in [0.05, 0.1) is 67.4 Å². The van der Waals surface area contributed by atoms with E-state index < -0.39 is 90.2 Å². The Morgan fingerprint density at radius 2 is 0.759 bits per heavy atom. The summed E-state index contributed by atoms with van der Waals surface area (Å²) in [5.41, 5.74) is 8.74. The molecule has 0 radical (unpaired) electrons. The monoisotopic (exact) mass is 1550 g/mol. The maximum Gasteiger partial charge on any atom is 0.395 e. The molecule has 3 aromatic heterocycles. The van der Waals surface area contributed by atoms with Crippen LogP contribution in [0.25, 0.3) is 32.7 Å². The smallest absolute Gasteiger partial charge is 0.395 e. The van der Waals surface area contributed by atoms with Crippen molar-refractivity contribution in [3.05, 3.63) is 195 Å². The van der Waals surface area contributed by atoms with E-state index in [0.29, 0.717) is 42.1 Å². The number of aromatic nitrogens is 3. The third-order valence-electron chi connectivity index (χ3n) is 23.9. The summed E-state index contributed by atoms with van der Waals surface area (Å²) in [6.07, 6.45) is 4.05. The van der Waals surface area contributed by atoms with Crippen LogP contribution < -0.4 is 16.0 Å².